The fraction of sp³-hybridized carbons (Fsp3) is 0.318. The summed E-state index contributed by atoms with van der Waals surface area (Å²) in [7, 11) is 1.62. The number of ether oxygens (including phenoxy) is 2. The van der Waals surface area contributed by atoms with Crippen LogP contribution in [0.3, 0.4) is 0 Å². The predicted molar refractivity (Wildman–Crippen MR) is 103 cm³/mol. The number of rotatable bonds is 7. The molecule has 0 N–H and O–H groups in total. The molecule has 1 amide bonds. The summed E-state index contributed by atoms with van der Waals surface area (Å²) >= 11 is 0. The number of amides is 1. The Bertz CT molecular complexity index is 782. The number of hydrogen-bond acceptors (Lipinski definition) is 3. The first-order valence-corrected chi connectivity index (χ1v) is 9.12. The summed E-state index contributed by atoms with van der Waals surface area (Å²) in [5.74, 6) is 0.348. The van der Waals surface area contributed by atoms with Gasteiger partial charge in [0.05, 0.1) is 13.2 Å². The average Bonchev–Trinajstić information content (AvgIpc) is 3.20. The highest BCUT2D eigenvalue weighted by Gasteiger charge is 2.22. The fourth-order valence-corrected chi connectivity index (χ4v) is 3.15. The normalized spacial score (nSPS) is 16.6. The maximum atomic E-state index is 13.0. The van der Waals surface area contributed by atoms with Crippen LogP contribution in [0.5, 0.6) is 5.75 Å². The molecule has 0 spiro atoms. The van der Waals surface area contributed by atoms with E-state index in [1.54, 1.807) is 30.2 Å². The van der Waals surface area contributed by atoms with E-state index < -0.39 is 0 Å². The second-order valence-corrected chi connectivity index (χ2v) is 6.55. The first kappa shape index (κ1) is 19.1. The topological polar surface area (TPSA) is 38.8 Å². The molecule has 1 unspecified atom stereocenters. The SMILES string of the molecule is COc1ccccc1CN(CC1CCCO1)C(=O)/C=C/c1ccc(F)cc1. The highest BCUT2D eigenvalue weighted by Crippen LogP contribution is 2.21. The number of carbonyl (C=O) groups excluding carboxylic acids is 1. The smallest absolute Gasteiger partial charge is 0.246 e. The molecule has 1 atom stereocenters. The number of hydrogen-bond donors (Lipinski definition) is 0. The minimum atomic E-state index is -0.297. The molecule has 142 valence electrons. The van der Waals surface area contributed by atoms with E-state index in [0.717, 1.165) is 36.3 Å². The zero-order valence-electron chi connectivity index (χ0n) is 15.4. The summed E-state index contributed by atoms with van der Waals surface area (Å²) in [6.45, 7) is 1.72. The zero-order chi connectivity index (χ0) is 19.1. The van der Waals surface area contributed by atoms with Crippen molar-refractivity contribution in [3.05, 3.63) is 71.6 Å². The molecule has 5 heteroatoms. The Labute approximate surface area is 159 Å². The van der Waals surface area contributed by atoms with Gasteiger partial charge in [-0.2, -0.15) is 0 Å². The first-order valence-electron chi connectivity index (χ1n) is 9.12. The van der Waals surface area contributed by atoms with Crippen molar-refractivity contribution in [2.75, 3.05) is 20.3 Å². The van der Waals surface area contributed by atoms with Gasteiger partial charge in [-0.25, -0.2) is 4.39 Å². The average molecular weight is 369 g/mol. The molecule has 2 aromatic carbocycles. The molecule has 1 aliphatic rings. The zero-order valence-corrected chi connectivity index (χ0v) is 15.4. The van der Waals surface area contributed by atoms with Gasteiger partial charge in [-0.3, -0.25) is 4.79 Å². The maximum Gasteiger partial charge on any atom is 0.246 e. The molecule has 0 bridgehead atoms. The fourth-order valence-electron chi connectivity index (χ4n) is 3.15. The Kier molecular flexibility index (Phi) is 6.60. The van der Waals surface area contributed by atoms with Gasteiger partial charge in [-0.1, -0.05) is 30.3 Å². The van der Waals surface area contributed by atoms with Crippen molar-refractivity contribution in [3.8, 4) is 5.75 Å². The van der Waals surface area contributed by atoms with Crippen molar-refractivity contribution < 1.29 is 18.7 Å². The van der Waals surface area contributed by atoms with Crippen LogP contribution >= 0.6 is 0 Å². The summed E-state index contributed by atoms with van der Waals surface area (Å²) in [5, 5.41) is 0. The van der Waals surface area contributed by atoms with E-state index in [1.807, 2.05) is 24.3 Å². The Hall–Kier alpha value is -2.66. The van der Waals surface area contributed by atoms with Crippen molar-refractivity contribution in [1.82, 2.24) is 4.90 Å². The van der Waals surface area contributed by atoms with Crippen molar-refractivity contribution in [2.45, 2.75) is 25.5 Å². The third kappa shape index (κ3) is 5.41. The Morgan fingerprint density at radius 2 is 2.04 bits per heavy atom. The lowest BCUT2D eigenvalue weighted by Crippen LogP contribution is -2.36. The summed E-state index contributed by atoms with van der Waals surface area (Å²) in [6, 6.07) is 13.7. The summed E-state index contributed by atoms with van der Waals surface area (Å²) in [6.07, 6.45) is 5.26. The lowest BCUT2D eigenvalue weighted by atomic mass is 10.1. The molecule has 0 radical (unpaired) electrons. The molecular weight excluding hydrogens is 345 g/mol. The molecule has 3 rings (SSSR count). The van der Waals surface area contributed by atoms with Crippen LogP contribution in [0.1, 0.15) is 24.0 Å². The summed E-state index contributed by atoms with van der Waals surface area (Å²) < 4.78 is 24.2. The van der Waals surface area contributed by atoms with Crippen LogP contribution < -0.4 is 4.74 Å². The van der Waals surface area contributed by atoms with Gasteiger partial charge in [0.15, 0.2) is 0 Å². The predicted octanol–water partition coefficient (Wildman–Crippen LogP) is 4.06. The maximum absolute atomic E-state index is 13.0. The van der Waals surface area contributed by atoms with Gasteiger partial charge >= 0.3 is 0 Å². The van der Waals surface area contributed by atoms with Crippen molar-refractivity contribution in [3.63, 3.8) is 0 Å². The van der Waals surface area contributed by atoms with Crippen molar-refractivity contribution >= 4 is 12.0 Å². The number of para-hydroxylation sites is 1. The van der Waals surface area contributed by atoms with E-state index in [1.165, 1.54) is 18.2 Å². The largest absolute Gasteiger partial charge is 0.496 e. The number of halogens is 1. The molecule has 1 aliphatic heterocycles. The highest BCUT2D eigenvalue weighted by molar-refractivity contribution is 5.91. The van der Waals surface area contributed by atoms with Gasteiger partial charge < -0.3 is 14.4 Å². The van der Waals surface area contributed by atoms with Crippen LogP contribution in [0.2, 0.25) is 0 Å². The van der Waals surface area contributed by atoms with E-state index in [4.69, 9.17) is 9.47 Å². The quantitative estimate of drug-likeness (QED) is 0.691. The van der Waals surface area contributed by atoms with Crippen molar-refractivity contribution in [2.24, 2.45) is 0 Å². The standard InChI is InChI=1S/C22H24FNO3/c1-26-21-7-3-2-5-18(21)15-24(16-20-6-4-14-27-20)22(25)13-10-17-8-11-19(23)12-9-17/h2-3,5,7-13,20H,4,6,14-16H2,1H3/b13-10+. The summed E-state index contributed by atoms with van der Waals surface area (Å²) in [4.78, 5) is 14.6. The Morgan fingerprint density at radius 3 is 2.74 bits per heavy atom. The van der Waals surface area contributed by atoms with Gasteiger partial charge in [0.25, 0.3) is 0 Å². The minimum absolute atomic E-state index is 0.0582. The molecule has 0 saturated carbocycles. The number of carbonyl (C=O) groups is 1. The van der Waals surface area contributed by atoms with Gasteiger partial charge in [-0.15, -0.1) is 0 Å². The van der Waals surface area contributed by atoms with Crippen LogP contribution in [0.15, 0.2) is 54.6 Å². The van der Waals surface area contributed by atoms with E-state index >= 15 is 0 Å². The molecule has 4 nitrogen and oxygen atoms in total. The number of methoxy groups -OCH3 is 1. The van der Waals surface area contributed by atoms with Gasteiger partial charge in [-0.05, 0) is 42.7 Å². The minimum Gasteiger partial charge on any atom is -0.496 e. The van der Waals surface area contributed by atoms with Crippen molar-refractivity contribution in [1.29, 1.82) is 0 Å². The van der Waals surface area contributed by atoms with Gasteiger partial charge in [0, 0.05) is 31.3 Å². The third-order valence-corrected chi connectivity index (χ3v) is 4.60. The van der Waals surface area contributed by atoms with Crippen LogP contribution in [0, 0.1) is 5.82 Å². The second-order valence-electron chi connectivity index (χ2n) is 6.55. The number of nitrogens with zero attached hydrogens (tertiary/aromatic N) is 1. The monoisotopic (exact) mass is 369 g/mol. The van der Waals surface area contributed by atoms with Crippen LogP contribution in [-0.2, 0) is 16.1 Å². The molecule has 1 saturated heterocycles. The highest BCUT2D eigenvalue weighted by atomic mass is 19.1. The molecule has 2 aromatic rings. The number of benzene rings is 2. The molecule has 0 aliphatic carbocycles. The third-order valence-electron chi connectivity index (χ3n) is 4.60. The molecule has 1 heterocycles. The lowest BCUT2D eigenvalue weighted by Gasteiger charge is -2.25. The van der Waals surface area contributed by atoms with Gasteiger partial charge in [0.1, 0.15) is 11.6 Å². The van der Waals surface area contributed by atoms with E-state index in [9.17, 15) is 9.18 Å². The lowest BCUT2D eigenvalue weighted by molar-refractivity contribution is -0.128. The Balaban J connectivity index is 1.75. The van der Waals surface area contributed by atoms with Crippen LogP contribution in [0.4, 0.5) is 4.39 Å². The van der Waals surface area contributed by atoms with E-state index in [-0.39, 0.29) is 17.8 Å². The van der Waals surface area contributed by atoms with E-state index in [0.29, 0.717) is 13.1 Å². The van der Waals surface area contributed by atoms with Gasteiger partial charge in [0.2, 0.25) is 5.91 Å². The molecule has 0 aromatic heterocycles. The Morgan fingerprint density at radius 1 is 1.26 bits per heavy atom. The first-order chi connectivity index (χ1) is 13.2. The summed E-state index contributed by atoms with van der Waals surface area (Å²) in [5.41, 5.74) is 1.72. The molecule has 1 fully saturated rings. The molecular formula is C22H24FNO3. The molecule has 27 heavy (non-hydrogen) atoms. The van der Waals surface area contributed by atoms with Crippen LogP contribution in [0.25, 0.3) is 6.08 Å². The second kappa shape index (κ2) is 9.33. The van der Waals surface area contributed by atoms with E-state index in [2.05, 4.69) is 0 Å². The van der Waals surface area contributed by atoms with Crippen LogP contribution in [-0.4, -0.2) is 37.2 Å².